The standard InChI is InChI=1S/C15H22N4O/c1-11-8-14(16)13(9-17-11)15(20)19-7-4-12(10-19)18-5-2-3-6-18/h8-9,12H,2-7,10H2,1H3,(H2,16,17). The van der Waals surface area contributed by atoms with Crippen molar-refractivity contribution in [1.82, 2.24) is 14.8 Å². The van der Waals surface area contributed by atoms with Crippen LogP contribution in [0.5, 0.6) is 0 Å². The molecule has 5 heteroatoms. The lowest BCUT2D eigenvalue weighted by molar-refractivity contribution is 0.0780. The fourth-order valence-electron chi connectivity index (χ4n) is 3.26. The molecule has 108 valence electrons. The predicted octanol–water partition coefficient (Wildman–Crippen LogP) is 1.28. The highest BCUT2D eigenvalue weighted by molar-refractivity contribution is 5.99. The SMILES string of the molecule is Cc1cc(N)c(C(=O)N2CCC(N3CCCC3)C2)cn1. The molecule has 0 spiro atoms. The number of hydrogen-bond acceptors (Lipinski definition) is 4. The van der Waals surface area contributed by atoms with E-state index in [0.717, 1.165) is 25.2 Å². The second-order valence-electron chi connectivity index (χ2n) is 5.85. The lowest BCUT2D eigenvalue weighted by Gasteiger charge is -2.23. The van der Waals surface area contributed by atoms with Crippen molar-refractivity contribution < 1.29 is 4.79 Å². The molecule has 2 N–H and O–H groups in total. The van der Waals surface area contributed by atoms with Crippen LogP contribution in [0.4, 0.5) is 5.69 Å². The number of nitrogens with two attached hydrogens (primary N) is 1. The topological polar surface area (TPSA) is 62.5 Å². The molecule has 0 aliphatic carbocycles. The van der Waals surface area contributed by atoms with Crippen LogP contribution in [-0.4, -0.2) is 52.9 Å². The number of pyridine rings is 1. The van der Waals surface area contributed by atoms with Crippen molar-refractivity contribution in [1.29, 1.82) is 0 Å². The van der Waals surface area contributed by atoms with Crippen LogP contribution in [-0.2, 0) is 0 Å². The van der Waals surface area contributed by atoms with E-state index in [9.17, 15) is 4.79 Å². The Labute approximate surface area is 119 Å². The van der Waals surface area contributed by atoms with Crippen LogP contribution in [0.3, 0.4) is 0 Å². The molecular weight excluding hydrogens is 252 g/mol. The molecule has 0 aromatic carbocycles. The van der Waals surface area contributed by atoms with Crippen LogP contribution < -0.4 is 5.73 Å². The quantitative estimate of drug-likeness (QED) is 0.882. The Morgan fingerprint density at radius 3 is 2.80 bits per heavy atom. The number of aromatic nitrogens is 1. The Bertz CT molecular complexity index is 511. The van der Waals surface area contributed by atoms with Gasteiger partial charge in [0.2, 0.25) is 0 Å². The molecule has 1 aromatic rings. The summed E-state index contributed by atoms with van der Waals surface area (Å²) in [5.74, 6) is 0.0247. The highest BCUT2D eigenvalue weighted by Crippen LogP contribution is 2.23. The van der Waals surface area contributed by atoms with Crippen LogP contribution in [0.15, 0.2) is 12.3 Å². The van der Waals surface area contributed by atoms with Crippen molar-refractivity contribution >= 4 is 11.6 Å². The van der Waals surface area contributed by atoms with Gasteiger partial charge in [-0.25, -0.2) is 0 Å². The maximum Gasteiger partial charge on any atom is 0.257 e. The minimum absolute atomic E-state index is 0.0247. The molecule has 0 radical (unpaired) electrons. The van der Waals surface area contributed by atoms with Crippen molar-refractivity contribution in [3.05, 3.63) is 23.5 Å². The fourth-order valence-corrected chi connectivity index (χ4v) is 3.26. The number of nitrogen functional groups attached to an aromatic ring is 1. The van der Waals surface area contributed by atoms with Crippen molar-refractivity contribution in [3.63, 3.8) is 0 Å². The number of carbonyl (C=O) groups excluding carboxylic acids is 1. The van der Waals surface area contributed by atoms with Crippen molar-refractivity contribution in [2.45, 2.75) is 32.2 Å². The lowest BCUT2D eigenvalue weighted by atomic mass is 10.2. The average molecular weight is 274 g/mol. The van der Waals surface area contributed by atoms with E-state index in [1.165, 1.54) is 25.9 Å². The molecule has 2 aliphatic rings. The van der Waals surface area contributed by atoms with Crippen LogP contribution >= 0.6 is 0 Å². The Morgan fingerprint density at radius 1 is 1.35 bits per heavy atom. The maximum atomic E-state index is 12.5. The van der Waals surface area contributed by atoms with Crippen LogP contribution in [0, 0.1) is 6.92 Å². The molecular formula is C15H22N4O. The van der Waals surface area contributed by atoms with Gasteiger partial charge in [-0.05, 0) is 45.3 Å². The fraction of sp³-hybridized carbons (Fsp3) is 0.600. The van der Waals surface area contributed by atoms with Crippen molar-refractivity contribution in [3.8, 4) is 0 Å². The predicted molar refractivity (Wildman–Crippen MR) is 78.5 cm³/mol. The monoisotopic (exact) mass is 274 g/mol. The van der Waals surface area contributed by atoms with E-state index in [4.69, 9.17) is 5.73 Å². The van der Waals surface area contributed by atoms with E-state index in [1.54, 1.807) is 12.3 Å². The molecule has 2 fully saturated rings. The van der Waals surface area contributed by atoms with Crippen LogP contribution in [0.2, 0.25) is 0 Å². The zero-order valence-corrected chi connectivity index (χ0v) is 12.0. The summed E-state index contributed by atoms with van der Waals surface area (Å²) in [6.07, 6.45) is 5.26. The van der Waals surface area contributed by atoms with Crippen molar-refractivity contribution in [2.24, 2.45) is 0 Å². The van der Waals surface area contributed by atoms with Gasteiger partial charge < -0.3 is 10.6 Å². The summed E-state index contributed by atoms with van der Waals surface area (Å²) in [6, 6.07) is 2.29. The van der Waals surface area contributed by atoms with Crippen LogP contribution in [0.25, 0.3) is 0 Å². The zero-order valence-electron chi connectivity index (χ0n) is 12.0. The highest BCUT2D eigenvalue weighted by Gasteiger charge is 2.32. The van der Waals surface area contributed by atoms with Gasteiger partial charge in [-0.15, -0.1) is 0 Å². The Balaban J connectivity index is 1.69. The number of anilines is 1. The van der Waals surface area contributed by atoms with Gasteiger partial charge in [0, 0.05) is 36.7 Å². The first-order chi connectivity index (χ1) is 9.65. The van der Waals surface area contributed by atoms with E-state index < -0.39 is 0 Å². The molecule has 5 nitrogen and oxygen atoms in total. The van der Waals surface area contributed by atoms with Crippen LogP contribution in [0.1, 0.15) is 35.3 Å². The molecule has 1 unspecified atom stereocenters. The third kappa shape index (κ3) is 2.50. The molecule has 3 heterocycles. The summed E-state index contributed by atoms with van der Waals surface area (Å²) in [7, 11) is 0. The molecule has 1 atom stereocenters. The number of carbonyl (C=O) groups is 1. The summed E-state index contributed by atoms with van der Waals surface area (Å²) in [4.78, 5) is 21.2. The van der Waals surface area contributed by atoms with E-state index in [2.05, 4.69) is 9.88 Å². The van der Waals surface area contributed by atoms with E-state index >= 15 is 0 Å². The molecule has 0 saturated carbocycles. The number of hydrogen-bond donors (Lipinski definition) is 1. The number of likely N-dealkylation sites (tertiary alicyclic amines) is 2. The molecule has 0 bridgehead atoms. The first-order valence-electron chi connectivity index (χ1n) is 7.40. The van der Waals surface area contributed by atoms with Gasteiger partial charge in [0.25, 0.3) is 5.91 Å². The van der Waals surface area contributed by atoms with E-state index in [0.29, 0.717) is 17.3 Å². The second kappa shape index (κ2) is 5.40. The summed E-state index contributed by atoms with van der Waals surface area (Å²) in [5, 5.41) is 0. The Hall–Kier alpha value is -1.62. The van der Waals surface area contributed by atoms with Gasteiger partial charge in [-0.1, -0.05) is 0 Å². The average Bonchev–Trinajstić information content (AvgIpc) is 3.09. The minimum Gasteiger partial charge on any atom is -0.398 e. The zero-order chi connectivity index (χ0) is 14.1. The second-order valence-corrected chi connectivity index (χ2v) is 5.85. The summed E-state index contributed by atoms with van der Waals surface area (Å²) < 4.78 is 0. The number of nitrogens with zero attached hydrogens (tertiary/aromatic N) is 3. The molecule has 1 aromatic heterocycles. The third-order valence-corrected chi connectivity index (χ3v) is 4.41. The maximum absolute atomic E-state index is 12.5. The Morgan fingerprint density at radius 2 is 2.10 bits per heavy atom. The van der Waals surface area contributed by atoms with Gasteiger partial charge in [0.15, 0.2) is 0 Å². The summed E-state index contributed by atoms with van der Waals surface area (Å²) in [5.41, 5.74) is 7.87. The van der Waals surface area contributed by atoms with Gasteiger partial charge in [-0.3, -0.25) is 14.7 Å². The van der Waals surface area contributed by atoms with E-state index in [-0.39, 0.29) is 5.91 Å². The summed E-state index contributed by atoms with van der Waals surface area (Å²) >= 11 is 0. The smallest absolute Gasteiger partial charge is 0.257 e. The van der Waals surface area contributed by atoms with Gasteiger partial charge in [0.05, 0.1) is 5.56 Å². The number of rotatable bonds is 2. The van der Waals surface area contributed by atoms with Gasteiger partial charge in [-0.2, -0.15) is 0 Å². The first-order valence-corrected chi connectivity index (χ1v) is 7.40. The largest absolute Gasteiger partial charge is 0.398 e. The van der Waals surface area contributed by atoms with Crippen molar-refractivity contribution in [2.75, 3.05) is 31.9 Å². The highest BCUT2D eigenvalue weighted by atomic mass is 16.2. The molecule has 2 aliphatic heterocycles. The van der Waals surface area contributed by atoms with Gasteiger partial charge >= 0.3 is 0 Å². The molecule has 3 rings (SSSR count). The molecule has 20 heavy (non-hydrogen) atoms. The molecule has 1 amide bonds. The normalized spacial score (nSPS) is 23.4. The minimum atomic E-state index is 0.0247. The van der Waals surface area contributed by atoms with Gasteiger partial charge in [0.1, 0.15) is 0 Å². The first kappa shape index (κ1) is 13.4. The lowest BCUT2D eigenvalue weighted by Crippen LogP contribution is -2.37. The third-order valence-electron chi connectivity index (χ3n) is 4.41. The molecule has 2 saturated heterocycles. The van der Waals surface area contributed by atoms with E-state index in [1.807, 2.05) is 11.8 Å². The summed E-state index contributed by atoms with van der Waals surface area (Å²) in [6.45, 7) is 5.89. The number of aryl methyl sites for hydroxylation is 1. The number of amides is 1. The Kier molecular flexibility index (Phi) is 3.61.